The smallest absolute Gasteiger partial charge is 0.414 e. The van der Waals surface area contributed by atoms with Gasteiger partial charge < -0.3 is 15.1 Å². The predicted molar refractivity (Wildman–Crippen MR) is 115 cm³/mol. The van der Waals surface area contributed by atoms with Gasteiger partial charge in [0.15, 0.2) is 0 Å². The van der Waals surface area contributed by atoms with Crippen LogP contribution < -0.4 is 0 Å². The van der Waals surface area contributed by atoms with Crippen molar-refractivity contribution in [2.24, 2.45) is 7.05 Å². The normalized spacial score (nSPS) is 14.0. The van der Waals surface area contributed by atoms with Crippen molar-refractivity contribution in [1.29, 1.82) is 0 Å². The van der Waals surface area contributed by atoms with E-state index in [-0.39, 0.29) is 0 Å². The molecule has 0 atom stereocenters. The Bertz CT molecular complexity index is 859. The van der Waals surface area contributed by atoms with E-state index in [1.807, 2.05) is 18.8 Å². The third kappa shape index (κ3) is 8.01. The Morgan fingerprint density at radius 1 is 1.13 bits per heavy atom. The van der Waals surface area contributed by atoms with Crippen LogP contribution >= 0.6 is 35.3 Å². The van der Waals surface area contributed by atoms with Crippen LogP contribution in [-0.2, 0) is 16.6 Å². The largest absolute Gasteiger partial charge is 0.473 e. The van der Waals surface area contributed by atoms with E-state index in [1.165, 1.54) is 17.3 Å². The molecule has 2 aromatic heterocycles. The summed E-state index contributed by atoms with van der Waals surface area (Å²) in [5, 5.41) is 28.2. The van der Waals surface area contributed by atoms with E-state index in [9.17, 15) is 0 Å². The van der Waals surface area contributed by atoms with Crippen LogP contribution in [0.1, 0.15) is 25.0 Å². The van der Waals surface area contributed by atoms with Crippen LogP contribution in [0.15, 0.2) is 16.3 Å². The molecule has 0 radical (unpaired) electrons. The minimum atomic E-state index is -1.82. The standard InChI is InChI=1S/C14H21N7S3.C2H2O4/c1-20-7-5-6-11(10-20)12-13(17-24-16-12)22-8-3-4-9-23-14-15-18-19-21(14)2;3-1(4)2(5)6/h6H,3-5,7-10H2,1-2H3;(H,3,4)(H,5,6). The number of thioether (sulfide) groups is 2. The molecule has 14 heteroatoms. The zero-order valence-corrected chi connectivity index (χ0v) is 19.0. The first kappa shape index (κ1) is 24.2. The van der Waals surface area contributed by atoms with Gasteiger partial charge in [0.2, 0.25) is 5.16 Å². The molecule has 0 unspecified atom stereocenters. The fourth-order valence-electron chi connectivity index (χ4n) is 2.42. The van der Waals surface area contributed by atoms with Crippen molar-refractivity contribution in [3.8, 4) is 0 Å². The number of carboxylic acids is 2. The average Bonchev–Trinajstić information content (AvgIpc) is 3.34. The van der Waals surface area contributed by atoms with Crippen molar-refractivity contribution < 1.29 is 19.8 Å². The van der Waals surface area contributed by atoms with Gasteiger partial charge in [-0.05, 0) is 48.1 Å². The lowest BCUT2D eigenvalue weighted by atomic mass is 10.1. The molecule has 0 bridgehead atoms. The zero-order valence-electron chi connectivity index (χ0n) is 16.6. The maximum atomic E-state index is 9.10. The summed E-state index contributed by atoms with van der Waals surface area (Å²) in [4.78, 5) is 20.5. The van der Waals surface area contributed by atoms with E-state index >= 15 is 0 Å². The number of carbonyl (C=O) groups is 2. The van der Waals surface area contributed by atoms with E-state index in [0.29, 0.717) is 0 Å². The van der Waals surface area contributed by atoms with Gasteiger partial charge in [0, 0.05) is 25.9 Å². The highest BCUT2D eigenvalue weighted by atomic mass is 32.2. The molecule has 0 saturated carbocycles. The molecule has 1 aliphatic heterocycles. The number of tetrazole rings is 1. The van der Waals surface area contributed by atoms with Crippen LogP contribution in [0.4, 0.5) is 0 Å². The first-order valence-corrected chi connectivity index (χ1v) is 11.7. The van der Waals surface area contributed by atoms with Gasteiger partial charge in [-0.3, -0.25) is 0 Å². The fourth-order valence-corrected chi connectivity index (χ4v) is 4.98. The Labute approximate surface area is 186 Å². The second-order valence-electron chi connectivity index (χ2n) is 6.27. The Balaban J connectivity index is 0.000000469. The minimum absolute atomic E-state index is 0.877. The van der Waals surface area contributed by atoms with Crippen LogP contribution in [0.25, 0.3) is 5.57 Å². The predicted octanol–water partition coefficient (Wildman–Crippen LogP) is 1.60. The quantitative estimate of drug-likeness (QED) is 0.326. The summed E-state index contributed by atoms with van der Waals surface area (Å²) in [7, 11) is 4.02. The topological polar surface area (TPSA) is 147 Å². The van der Waals surface area contributed by atoms with Gasteiger partial charge in [0.25, 0.3) is 0 Å². The number of unbranched alkanes of at least 4 members (excludes halogenated alkanes) is 1. The lowest BCUT2D eigenvalue weighted by Gasteiger charge is -2.22. The maximum Gasteiger partial charge on any atom is 0.414 e. The number of aliphatic carboxylic acids is 2. The molecule has 3 heterocycles. The number of carboxylic acid groups (broad SMARTS) is 2. The summed E-state index contributed by atoms with van der Waals surface area (Å²) < 4.78 is 10.7. The summed E-state index contributed by atoms with van der Waals surface area (Å²) in [6.45, 7) is 2.10. The van der Waals surface area contributed by atoms with E-state index in [0.717, 1.165) is 59.7 Å². The summed E-state index contributed by atoms with van der Waals surface area (Å²) >= 11 is 4.85. The van der Waals surface area contributed by atoms with Crippen LogP contribution in [0, 0.1) is 0 Å². The SMILES string of the molecule is CN1CCC=C(c2nsnc2SCCCCSc2nnnn2C)C1.O=C(O)C(=O)O. The van der Waals surface area contributed by atoms with Gasteiger partial charge in [-0.1, -0.05) is 17.8 Å². The second kappa shape index (κ2) is 12.6. The number of hydrogen-bond donors (Lipinski definition) is 2. The molecule has 0 fully saturated rings. The van der Waals surface area contributed by atoms with Crippen molar-refractivity contribution in [2.45, 2.75) is 29.4 Å². The highest BCUT2D eigenvalue weighted by Gasteiger charge is 2.17. The molecule has 2 aromatic rings. The first-order valence-electron chi connectivity index (χ1n) is 9.03. The first-order chi connectivity index (χ1) is 14.4. The number of aromatic nitrogens is 6. The minimum Gasteiger partial charge on any atom is -0.473 e. The summed E-state index contributed by atoms with van der Waals surface area (Å²) in [6.07, 6.45) is 5.70. The molecule has 0 aromatic carbocycles. The Kier molecular flexibility index (Phi) is 10.2. The number of hydrogen-bond acceptors (Lipinski definition) is 11. The van der Waals surface area contributed by atoms with Crippen molar-refractivity contribution in [3.05, 3.63) is 11.8 Å². The van der Waals surface area contributed by atoms with Crippen LogP contribution in [0.2, 0.25) is 0 Å². The molecule has 30 heavy (non-hydrogen) atoms. The average molecular weight is 474 g/mol. The van der Waals surface area contributed by atoms with E-state index in [2.05, 4.69) is 42.3 Å². The van der Waals surface area contributed by atoms with E-state index in [4.69, 9.17) is 19.8 Å². The van der Waals surface area contributed by atoms with Crippen molar-refractivity contribution in [1.82, 2.24) is 33.9 Å². The molecule has 3 rings (SSSR count). The van der Waals surface area contributed by atoms with Gasteiger partial charge in [-0.2, -0.15) is 8.75 Å². The van der Waals surface area contributed by atoms with E-state index < -0.39 is 11.9 Å². The molecule has 1 aliphatic rings. The third-order valence-corrected chi connectivity index (χ3v) is 6.67. The molecule has 164 valence electrons. The highest BCUT2D eigenvalue weighted by Crippen LogP contribution is 2.29. The number of aryl methyl sites for hydroxylation is 1. The van der Waals surface area contributed by atoms with Gasteiger partial charge in [-0.25, -0.2) is 14.3 Å². The summed E-state index contributed by atoms with van der Waals surface area (Å²) in [5.74, 6) is -1.54. The van der Waals surface area contributed by atoms with E-state index in [1.54, 1.807) is 16.4 Å². The van der Waals surface area contributed by atoms with Gasteiger partial charge in [-0.15, -0.1) is 16.9 Å². The number of rotatable bonds is 8. The summed E-state index contributed by atoms with van der Waals surface area (Å²) in [5.41, 5.74) is 2.42. The Hall–Kier alpha value is -2.03. The Morgan fingerprint density at radius 3 is 2.43 bits per heavy atom. The maximum absolute atomic E-state index is 9.10. The van der Waals surface area contributed by atoms with Gasteiger partial charge in [0.05, 0.1) is 11.7 Å². The lowest BCUT2D eigenvalue weighted by Crippen LogP contribution is -2.25. The van der Waals surface area contributed by atoms with Crippen molar-refractivity contribution in [3.63, 3.8) is 0 Å². The van der Waals surface area contributed by atoms with Crippen molar-refractivity contribution in [2.75, 3.05) is 31.6 Å². The van der Waals surface area contributed by atoms with Crippen LogP contribution in [0.3, 0.4) is 0 Å². The number of likely N-dealkylation sites (N-methyl/N-ethyl adjacent to an activating group) is 1. The highest BCUT2D eigenvalue weighted by molar-refractivity contribution is 7.99. The van der Waals surface area contributed by atoms with Gasteiger partial charge >= 0.3 is 11.9 Å². The molecule has 0 aliphatic carbocycles. The molecule has 0 saturated heterocycles. The zero-order chi connectivity index (χ0) is 21.9. The summed E-state index contributed by atoms with van der Waals surface area (Å²) in [6, 6.07) is 0. The van der Waals surface area contributed by atoms with Gasteiger partial charge in [0.1, 0.15) is 10.7 Å². The number of nitrogens with zero attached hydrogens (tertiary/aromatic N) is 7. The lowest BCUT2D eigenvalue weighted by molar-refractivity contribution is -0.159. The Morgan fingerprint density at radius 2 is 1.83 bits per heavy atom. The van der Waals surface area contributed by atoms with Crippen LogP contribution in [-0.4, -0.2) is 87.6 Å². The fraction of sp³-hybridized carbons (Fsp3) is 0.562. The molecular formula is C16H23N7O4S3. The third-order valence-electron chi connectivity index (χ3n) is 3.88. The second-order valence-corrected chi connectivity index (χ2v) is 8.95. The molecular weight excluding hydrogens is 450 g/mol. The monoisotopic (exact) mass is 473 g/mol. The molecule has 0 spiro atoms. The van der Waals surface area contributed by atoms with Crippen LogP contribution in [0.5, 0.6) is 0 Å². The molecule has 2 N–H and O–H groups in total. The molecule has 11 nitrogen and oxygen atoms in total. The van der Waals surface area contributed by atoms with Crippen molar-refractivity contribution >= 4 is 52.8 Å². The molecule has 0 amide bonds.